The summed E-state index contributed by atoms with van der Waals surface area (Å²) in [5, 5.41) is 16.2. The summed E-state index contributed by atoms with van der Waals surface area (Å²) in [6.07, 6.45) is 0.243. The highest BCUT2D eigenvalue weighted by atomic mass is 79.9. The molecule has 2 bridgehead atoms. The number of ether oxygens (including phenoxy) is 2. The van der Waals surface area contributed by atoms with Crippen molar-refractivity contribution in [3.8, 4) is 5.75 Å². The van der Waals surface area contributed by atoms with Crippen molar-refractivity contribution in [3.63, 3.8) is 0 Å². The van der Waals surface area contributed by atoms with E-state index in [1.54, 1.807) is 24.3 Å². The quantitative estimate of drug-likeness (QED) is 0.295. The van der Waals surface area contributed by atoms with Crippen LogP contribution in [0.4, 0.5) is 17.1 Å². The highest BCUT2D eigenvalue weighted by Crippen LogP contribution is 2.60. The number of rotatable bonds is 12. The van der Waals surface area contributed by atoms with Crippen molar-refractivity contribution in [2.24, 2.45) is 11.8 Å². The number of aliphatic hydroxyl groups excluding tert-OH is 1. The number of anilines is 3. The van der Waals surface area contributed by atoms with Crippen LogP contribution in [0.3, 0.4) is 0 Å². The van der Waals surface area contributed by atoms with E-state index in [0.29, 0.717) is 36.6 Å². The van der Waals surface area contributed by atoms with Crippen molar-refractivity contribution in [3.05, 3.63) is 48.5 Å². The van der Waals surface area contributed by atoms with Gasteiger partial charge in [0.25, 0.3) is 0 Å². The average molecular weight is 658 g/mol. The molecule has 2 aromatic rings. The van der Waals surface area contributed by atoms with Gasteiger partial charge in [-0.1, -0.05) is 22.9 Å². The molecule has 0 aliphatic carbocycles. The van der Waals surface area contributed by atoms with Gasteiger partial charge in [-0.3, -0.25) is 14.4 Å². The van der Waals surface area contributed by atoms with Crippen LogP contribution in [0.1, 0.15) is 40.5 Å². The van der Waals surface area contributed by atoms with Crippen molar-refractivity contribution in [1.29, 1.82) is 0 Å². The van der Waals surface area contributed by atoms with E-state index < -0.39 is 41.5 Å². The number of likely N-dealkylation sites (tertiary alicyclic amines) is 1. The Morgan fingerprint density at radius 3 is 2.21 bits per heavy atom. The molecule has 0 aromatic heterocycles. The van der Waals surface area contributed by atoms with E-state index in [-0.39, 0.29) is 23.2 Å². The zero-order chi connectivity index (χ0) is 30.9. The summed E-state index contributed by atoms with van der Waals surface area (Å²) in [4.78, 5) is 45.6. The molecule has 11 heteroatoms. The molecule has 0 radical (unpaired) electrons. The number of halogens is 1. The van der Waals surface area contributed by atoms with Crippen LogP contribution in [-0.4, -0.2) is 82.6 Å². The van der Waals surface area contributed by atoms with Gasteiger partial charge in [-0.2, -0.15) is 0 Å². The van der Waals surface area contributed by atoms with Gasteiger partial charge >= 0.3 is 0 Å². The second-order valence-electron chi connectivity index (χ2n) is 11.3. The molecule has 3 amide bonds. The molecule has 7 atom stereocenters. The number of carbonyl (C=O) groups is 3. The lowest BCUT2D eigenvalue weighted by atomic mass is 9.70. The SMILES string of the molecule is CCOc1ccc(NC(=O)[C@H]2[C@H]3C(=O)N([C@@H](CC)CO)C(C(=O)Nc4ccc(N(CC)CC)cc4)C34CC(Br)[C@@H]2O4)cc1. The predicted molar refractivity (Wildman–Crippen MR) is 169 cm³/mol. The van der Waals surface area contributed by atoms with Crippen molar-refractivity contribution in [2.45, 2.75) is 69.2 Å². The molecule has 1 spiro atoms. The number of fused-ring (bicyclic) bond motifs is 1. The third kappa shape index (κ3) is 5.51. The minimum Gasteiger partial charge on any atom is -0.494 e. The van der Waals surface area contributed by atoms with Crippen LogP contribution < -0.4 is 20.3 Å². The standard InChI is InChI=1S/C32H41BrN4O6/c1-5-21(18-38)37-28(30(40)35-19-9-13-22(14-10-19)36(6-2)7-3)32-17-24(33)27(43-32)25(26(32)31(37)41)29(39)34-20-11-15-23(16-12-20)42-8-4/h9-16,21,24-28,38H,5-8,17-18H2,1-4H3,(H,34,39)(H,35,40)/t21-,24?,25-,26-,27-,28?,32?/m0/s1. The zero-order valence-electron chi connectivity index (χ0n) is 25.1. The molecular formula is C32H41BrN4O6. The van der Waals surface area contributed by atoms with Crippen LogP contribution in [0.25, 0.3) is 0 Å². The Balaban J connectivity index is 1.44. The number of amides is 3. The van der Waals surface area contributed by atoms with Crippen molar-refractivity contribution >= 4 is 50.7 Å². The van der Waals surface area contributed by atoms with E-state index >= 15 is 0 Å². The Morgan fingerprint density at radius 1 is 1.05 bits per heavy atom. The summed E-state index contributed by atoms with van der Waals surface area (Å²) in [7, 11) is 0. The highest BCUT2D eigenvalue weighted by Gasteiger charge is 2.77. The molecule has 3 N–H and O–H groups in total. The maximum atomic E-state index is 14.2. The van der Waals surface area contributed by atoms with Crippen LogP contribution in [0, 0.1) is 11.8 Å². The van der Waals surface area contributed by atoms with Crippen LogP contribution >= 0.6 is 15.9 Å². The molecule has 10 nitrogen and oxygen atoms in total. The Bertz CT molecular complexity index is 1320. The predicted octanol–water partition coefficient (Wildman–Crippen LogP) is 4.03. The maximum absolute atomic E-state index is 14.2. The van der Waals surface area contributed by atoms with Gasteiger partial charge in [0.15, 0.2) is 0 Å². The van der Waals surface area contributed by atoms with E-state index in [9.17, 15) is 19.5 Å². The first kappa shape index (κ1) is 31.3. The van der Waals surface area contributed by atoms with E-state index in [2.05, 4.69) is 45.3 Å². The number of nitrogens with zero attached hydrogens (tertiary/aromatic N) is 2. The first-order chi connectivity index (χ1) is 20.7. The van der Waals surface area contributed by atoms with Gasteiger partial charge in [-0.25, -0.2) is 0 Å². The summed E-state index contributed by atoms with van der Waals surface area (Å²) >= 11 is 3.70. The number of carbonyl (C=O) groups excluding carboxylic acids is 3. The molecule has 2 aromatic carbocycles. The molecule has 5 rings (SSSR count). The summed E-state index contributed by atoms with van der Waals surface area (Å²) in [5.41, 5.74) is 0.998. The Morgan fingerprint density at radius 2 is 1.65 bits per heavy atom. The average Bonchev–Trinajstić information content (AvgIpc) is 3.60. The number of benzene rings is 2. The van der Waals surface area contributed by atoms with Gasteiger partial charge in [-0.05, 0) is 82.1 Å². The van der Waals surface area contributed by atoms with Crippen LogP contribution in [0.2, 0.25) is 0 Å². The van der Waals surface area contributed by atoms with E-state index in [4.69, 9.17) is 9.47 Å². The lowest BCUT2D eigenvalue weighted by Crippen LogP contribution is -2.56. The second kappa shape index (κ2) is 12.8. The smallest absolute Gasteiger partial charge is 0.250 e. The van der Waals surface area contributed by atoms with Crippen molar-refractivity contribution < 1.29 is 29.0 Å². The second-order valence-corrected chi connectivity index (χ2v) is 12.5. The molecule has 43 heavy (non-hydrogen) atoms. The van der Waals surface area contributed by atoms with Crippen LogP contribution in [0.15, 0.2) is 48.5 Å². The zero-order valence-corrected chi connectivity index (χ0v) is 26.7. The van der Waals surface area contributed by atoms with Crippen molar-refractivity contribution in [1.82, 2.24) is 4.90 Å². The van der Waals surface area contributed by atoms with Crippen molar-refractivity contribution in [2.75, 3.05) is 41.8 Å². The Hall–Kier alpha value is -3.15. The lowest BCUT2D eigenvalue weighted by Gasteiger charge is -2.36. The monoisotopic (exact) mass is 656 g/mol. The van der Waals surface area contributed by atoms with Gasteiger partial charge in [0.05, 0.1) is 37.2 Å². The number of nitrogens with one attached hydrogen (secondary N) is 2. The molecule has 3 aliphatic rings. The van der Waals surface area contributed by atoms with Crippen LogP contribution in [-0.2, 0) is 19.1 Å². The lowest BCUT2D eigenvalue weighted by molar-refractivity contribution is -0.143. The Labute approximate surface area is 261 Å². The molecule has 3 fully saturated rings. The van der Waals surface area contributed by atoms with Gasteiger partial charge in [-0.15, -0.1) is 0 Å². The summed E-state index contributed by atoms with van der Waals surface area (Å²) in [5.74, 6) is -2.07. The molecule has 0 saturated carbocycles. The minimum absolute atomic E-state index is 0.231. The summed E-state index contributed by atoms with van der Waals surface area (Å²) < 4.78 is 12.1. The number of alkyl halides is 1. The van der Waals surface area contributed by atoms with Gasteiger partial charge < -0.3 is 35.0 Å². The molecule has 3 aliphatic heterocycles. The fourth-order valence-electron chi connectivity index (χ4n) is 7.06. The first-order valence-corrected chi connectivity index (χ1v) is 16.1. The van der Waals surface area contributed by atoms with Crippen LogP contribution in [0.5, 0.6) is 5.75 Å². The van der Waals surface area contributed by atoms with Gasteiger partial charge in [0, 0.05) is 35.0 Å². The van der Waals surface area contributed by atoms with E-state index in [0.717, 1.165) is 18.8 Å². The fourth-order valence-corrected chi connectivity index (χ4v) is 8.00. The fraction of sp³-hybridized carbons (Fsp3) is 0.531. The minimum atomic E-state index is -1.22. The number of hydrogen-bond donors (Lipinski definition) is 3. The normalized spacial score (nSPS) is 28.0. The van der Waals surface area contributed by atoms with E-state index in [1.807, 2.05) is 38.1 Å². The first-order valence-electron chi connectivity index (χ1n) is 15.2. The summed E-state index contributed by atoms with van der Waals surface area (Å²) in [6.45, 7) is 9.89. The maximum Gasteiger partial charge on any atom is 0.250 e. The third-order valence-electron chi connectivity index (χ3n) is 9.05. The largest absolute Gasteiger partial charge is 0.494 e. The highest BCUT2D eigenvalue weighted by molar-refractivity contribution is 9.09. The number of aliphatic hydroxyl groups is 1. The van der Waals surface area contributed by atoms with E-state index in [1.165, 1.54) is 4.90 Å². The van der Waals surface area contributed by atoms with Gasteiger partial charge in [0.2, 0.25) is 17.7 Å². The number of hydrogen-bond acceptors (Lipinski definition) is 7. The molecule has 3 heterocycles. The molecule has 3 saturated heterocycles. The molecule has 232 valence electrons. The summed E-state index contributed by atoms with van der Waals surface area (Å²) in [6, 6.07) is 13.0. The molecular weight excluding hydrogens is 616 g/mol. The van der Waals surface area contributed by atoms with Gasteiger partial charge in [0.1, 0.15) is 17.4 Å². The third-order valence-corrected chi connectivity index (χ3v) is 9.89. The topological polar surface area (TPSA) is 120 Å². The Kier molecular flexibility index (Phi) is 9.34. The molecule has 3 unspecified atom stereocenters.